The second kappa shape index (κ2) is 4.26. The fourth-order valence-corrected chi connectivity index (χ4v) is 1.40. The summed E-state index contributed by atoms with van der Waals surface area (Å²) in [6, 6.07) is 8.31. The zero-order valence-corrected chi connectivity index (χ0v) is 9.89. The molecule has 0 heterocycles. The van der Waals surface area contributed by atoms with Gasteiger partial charge in [-0.3, -0.25) is 0 Å². The van der Waals surface area contributed by atoms with E-state index in [4.69, 9.17) is 0 Å². The van der Waals surface area contributed by atoms with Gasteiger partial charge in [0.2, 0.25) is 0 Å². The van der Waals surface area contributed by atoms with E-state index >= 15 is 0 Å². The van der Waals surface area contributed by atoms with Gasteiger partial charge in [0.15, 0.2) is 0 Å². The third kappa shape index (κ3) is 2.60. The summed E-state index contributed by atoms with van der Waals surface area (Å²) in [7, 11) is 0. The summed E-state index contributed by atoms with van der Waals surface area (Å²) in [6.45, 7) is 2.05. The molecule has 2 heteroatoms. The first-order valence-electron chi connectivity index (χ1n) is 3.32. The molecule has 0 saturated heterocycles. The monoisotopic (exact) mass is 322 g/mol. The Morgan fingerprint density at radius 2 is 1.91 bits per heavy atom. The van der Waals surface area contributed by atoms with Crippen LogP contribution < -0.4 is 0 Å². The molecule has 1 rings (SSSR count). The largest absolute Gasteiger partial charge is 0.0736 e. The van der Waals surface area contributed by atoms with E-state index in [-0.39, 0.29) is 0 Å². The summed E-state index contributed by atoms with van der Waals surface area (Å²) in [4.78, 5) is 0. The lowest BCUT2D eigenvalue weighted by Crippen LogP contribution is -1.73. The van der Waals surface area contributed by atoms with Gasteiger partial charge in [0.05, 0.1) is 0 Å². The van der Waals surface area contributed by atoms with Crippen molar-refractivity contribution in [2.45, 2.75) is 6.92 Å². The minimum absolute atomic E-state index is 1.13. The summed E-state index contributed by atoms with van der Waals surface area (Å²) >= 11 is 5.72. The molecule has 11 heavy (non-hydrogen) atoms. The standard InChI is InChI=1S/C9H8BrI/c1-2-9(11)7-3-5-8(10)6-4-7/h2-6H,1H3/b9-2-. The van der Waals surface area contributed by atoms with E-state index in [1.807, 2.05) is 6.92 Å². The molecule has 0 bridgehead atoms. The average Bonchev–Trinajstić information content (AvgIpc) is 2.05. The SMILES string of the molecule is C/C=C(\I)c1ccc(Br)cc1. The number of benzene rings is 1. The first-order chi connectivity index (χ1) is 5.24. The van der Waals surface area contributed by atoms with Crippen molar-refractivity contribution >= 4 is 42.1 Å². The lowest BCUT2D eigenvalue weighted by molar-refractivity contribution is 1.60. The van der Waals surface area contributed by atoms with Crippen LogP contribution in [0, 0.1) is 0 Å². The first kappa shape index (κ1) is 9.26. The van der Waals surface area contributed by atoms with Crippen molar-refractivity contribution in [1.82, 2.24) is 0 Å². The Hall–Kier alpha value is 0.170. The number of hydrogen-bond acceptors (Lipinski definition) is 0. The molecule has 1 aromatic carbocycles. The van der Waals surface area contributed by atoms with Crippen molar-refractivity contribution in [1.29, 1.82) is 0 Å². The third-order valence-electron chi connectivity index (χ3n) is 1.37. The van der Waals surface area contributed by atoms with Gasteiger partial charge in [0, 0.05) is 8.05 Å². The predicted molar refractivity (Wildman–Crippen MR) is 61.8 cm³/mol. The average molecular weight is 323 g/mol. The Morgan fingerprint density at radius 3 is 2.36 bits per heavy atom. The Labute approximate surface area is 89.0 Å². The van der Waals surface area contributed by atoms with Crippen molar-refractivity contribution in [3.63, 3.8) is 0 Å². The molecule has 0 aliphatic rings. The summed E-state index contributed by atoms with van der Waals surface area (Å²) < 4.78 is 2.41. The number of hydrogen-bond donors (Lipinski definition) is 0. The Kier molecular flexibility index (Phi) is 3.59. The molecule has 0 amide bonds. The molecule has 0 unspecified atom stereocenters. The van der Waals surface area contributed by atoms with Gasteiger partial charge >= 0.3 is 0 Å². The van der Waals surface area contributed by atoms with Crippen molar-refractivity contribution in [3.8, 4) is 0 Å². The van der Waals surface area contributed by atoms with Gasteiger partial charge in [-0.15, -0.1) is 0 Å². The van der Waals surface area contributed by atoms with E-state index in [9.17, 15) is 0 Å². The van der Waals surface area contributed by atoms with Gasteiger partial charge in [-0.1, -0.05) is 34.1 Å². The zero-order chi connectivity index (χ0) is 8.27. The summed E-state index contributed by atoms with van der Waals surface area (Å²) in [6.07, 6.45) is 2.10. The van der Waals surface area contributed by atoms with E-state index in [0.29, 0.717) is 0 Å². The molecular formula is C9H8BrI. The lowest BCUT2D eigenvalue weighted by Gasteiger charge is -1.97. The molecule has 0 atom stereocenters. The van der Waals surface area contributed by atoms with Crippen molar-refractivity contribution in [2.75, 3.05) is 0 Å². The number of halogens is 2. The number of rotatable bonds is 1. The van der Waals surface area contributed by atoms with E-state index in [1.54, 1.807) is 0 Å². The highest BCUT2D eigenvalue weighted by molar-refractivity contribution is 14.1. The van der Waals surface area contributed by atoms with Crippen LogP contribution in [0.15, 0.2) is 34.8 Å². The van der Waals surface area contributed by atoms with E-state index in [0.717, 1.165) is 4.47 Å². The lowest BCUT2D eigenvalue weighted by atomic mass is 10.2. The molecular weight excluding hydrogens is 315 g/mol. The Bertz CT molecular complexity index is 261. The van der Waals surface area contributed by atoms with Gasteiger partial charge < -0.3 is 0 Å². The topological polar surface area (TPSA) is 0 Å². The molecule has 0 N–H and O–H groups in total. The smallest absolute Gasteiger partial charge is 0.0175 e. The highest BCUT2D eigenvalue weighted by Gasteiger charge is 1.93. The number of allylic oxidation sites excluding steroid dienone is 1. The van der Waals surface area contributed by atoms with Crippen LogP contribution in [-0.2, 0) is 0 Å². The molecule has 0 spiro atoms. The maximum absolute atomic E-state index is 3.39. The molecule has 0 fully saturated rings. The minimum Gasteiger partial charge on any atom is -0.0736 e. The molecule has 0 aliphatic carbocycles. The maximum Gasteiger partial charge on any atom is 0.0175 e. The third-order valence-corrected chi connectivity index (χ3v) is 3.15. The van der Waals surface area contributed by atoms with Crippen LogP contribution >= 0.6 is 38.5 Å². The van der Waals surface area contributed by atoms with E-state index in [2.05, 4.69) is 68.9 Å². The molecule has 0 nitrogen and oxygen atoms in total. The normalized spacial score (nSPS) is 11.7. The van der Waals surface area contributed by atoms with Gasteiger partial charge in [-0.25, -0.2) is 0 Å². The van der Waals surface area contributed by atoms with Crippen LogP contribution in [-0.4, -0.2) is 0 Å². The molecule has 0 saturated carbocycles. The second-order valence-electron chi connectivity index (χ2n) is 2.14. The van der Waals surface area contributed by atoms with Crippen LogP contribution in [0.4, 0.5) is 0 Å². The summed E-state index contributed by atoms with van der Waals surface area (Å²) in [5, 5.41) is 0. The maximum atomic E-state index is 3.39. The van der Waals surface area contributed by atoms with Crippen molar-refractivity contribution in [2.24, 2.45) is 0 Å². The Balaban J connectivity index is 2.99. The zero-order valence-electron chi connectivity index (χ0n) is 6.14. The minimum atomic E-state index is 1.13. The van der Waals surface area contributed by atoms with E-state index < -0.39 is 0 Å². The second-order valence-corrected chi connectivity index (χ2v) is 4.22. The summed E-state index contributed by atoms with van der Waals surface area (Å²) in [5.41, 5.74) is 1.27. The van der Waals surface area contributed by atoms with Crippen LogP contribution in [0.1, 0.15) is 12.5 Å². The van der Waals surface area contributed by atoms with Crippen LogP contribution in [0.3, 0.4) is 0 Å². The fraction of sp³-hybridized carbons (Fsp3) is 0.111. The van der Waals surface area contributed by atoms with Gasteiger partial charge in [0.25, 0.3) is 0 Å². The van der Waals surface area contributed by atoms with E-state index in [1.165, 1.54) is 9.14 Å². The van der Waals surface area contributed by atoms with Crippen molar-refractivity contribution in [3.05, 3.63) is 40.4 Å². The van der Waals surface area contributed by atoms with Crippen molar-refractivity contribution < 1.29 is 0 Å². The molecule has 0 aliphatic heterocycles. The van der Waals surface area contributed by atoms with Gasteiger partial charge in [-0.05, 0) is 47.2 Å². The van der Waals surface area contributed by atoms with Crippen LogP contribution in [0.25, 0.3) is 3.58 Å². The molecule has 0 radical (unpaired) electrons. The van der Waals surface area contributed by atoms with Gasteiger partial charge in [-0.2, -0.15) is 0 Å². The molecule has 58 valence electrons. The quantitative estimate of drug-likeness (QED) is 0.678. The van der Waals surface area contributed by atoms with Crippen LogP contribution in [0.5, 0.6) is 0 Å². The molecule has 1 aromatic rings. The summed E-state index contributed by atoms with van der Waals surface area (Å²) in [5.74, 6) is 0. The fourth-order valence-electron chi connectivity index (χ4n) is 0.776. The Morgan fingerprint density at radius 1 is 1.36 bits per heavy atom. The highest BCUT2D eigenvalue weighted by Crippen LogP contribution is 2.22. The highest BCUT2D eigenvalue weighted by atomic mass is 127. The predicted octanol–water partition coefficient (Wildman–Crippen LogP) is 4.24. The molecule has 0 aromatic heterocycles. The first-order valence-corrected chi connectivity index (χ1v) is 5.19. The van der Waals surface area contributed by atoms with Crippen LogP contribution in [0.2, 0.25) is 0 Å². The van der Waals surface area contributed by atoms with Gasteiger partial charge in [0.1, 0.15) is 0 Å².